The lowest BCUT2D eigenvalue weighted by molar-refractivity contribution is -0.274. The predicted octanol–water partition coefficient (Wildman–Crippen LogP) is 5.45. The molecular formula is C24H19F3N2O5S. The number of alkyl halides is 3. The number of aryl methyl sites for hydroxylation is 2. The van der Waals surface area contributed by atoms with Crippen LogP contribution < -0.4 is 14.4 Å². The number of aliphatic hydroxyl groups is 1. The van der Waals surface area contributed by atoms with Gasteiger partial charge in [-0.15, -0.1) is 24.5 Å². The summed E-state index contributed by atoms with van der Waals surface area (Å²) in [6, 6.07) is 10.1. The number of nitrogens with zero attached hydrogens (tertiary/aromatic N) is 2. The molecule has 1 unspecified atom stereocenters. The molecule has 1 amide bonds. The van der Waals surface area contributed by atoms with Gasteiger partial charge in [-0.05, 0) is 55.8 Å². The fraction of sp³-hybridized carbons (Fsp3) is 0.208. The number of ether oxygens (including phenoxy) is 2. The van der Waals surface area contributed by atoms with Crippen molar-refractivity contribution >= 4 is 28.7 Å². The third-order valence-corrected chi connectivity index (χ3v) is 6.39. The molecule has 1 aromatic heterocycles. The number of Topliss-reactive ketones (excluding diaryl/α,β-unsaturated/α-hetero) is 1. The molecular weight excluding hydrogens is 485 g/mol. The van der Waals surface area contributed by atoms with E-state index in [4.69, 9.17) is 4.74 Å². The topological polar surface area (TPSA) is 89.0 Å². The number of anilines is 1. The molecule has 0 saturated carbocycles. The van der Waals surface area contributed by atoms with Crippen molar-refractivity contribution in [3.05, 3.63) is 81.0 Å². The number of rotatable bonds is 6. The molecule has 35 heavy (non-hydrogen) atoms. The molecule has 1 aliphatic rings. The number of amides is 1. The summed E-state index contributed by atoms with van der Waals surface area (Å²) in [5.41, 5.74) is 0.913. The van der Waals surface area contributed by atoms with Gasteiger partial charge in [0, 0.05) is 5.69 Å². The van der Waals surface area contributed by atoms with E-state index in [-0.39, 0.29) is 16.1 Å². The second-order valence-electron chi connectivity index (χ2n) is 7.63. The number of hydrogen-bond acceptors (Lipinski definition) is 7. The number of hydrogen-bond donors (Lipinski definition) is 1. The van der Waals surface area contributed by atoms with Crippen LogP contribution in [-0.2, 0) is 4.79 Å². The Morgan fingerprint density at radius 3 is 2.37 bits per heavy atom. The summed E-state index contributed by atoms with van der Waals surface area (Å²) in [5.74, 6) is -2.21. The summed E-state index contributed by atoms with van der Waals surface area (Å²) in [7, 11) is 1.46. The Hall–Kier alpha value is -3.86. The van der Waals surface area contributed by atoms with E-state index < -0.39 is 35.6 Å². The highest BCUT2D eigenvalue weighted by Crippen LogP contribution is 2.43. The van der Waals surface area contributed by atoms with Gasteiger partial charge in [0.05, 0.1) is 34.3 Å². The van der Waals surface area contributed by atoms with Gasteiger partial charge in [0.2, 0.25) is 5.78 Å². The van der Waals surface area contributed by atoms with Crippen molar-refractivity contribution in [2.75, 3.05) is 12.0 Å². The third kappa shape index (κ3) is 4.72. The first-order chi connectivity index (χ1) is 16.5. The van der Waals surface area contributed by atoms with Crippen LogP contribution in [0.1, 0.15) is 32.0 Å². The number of aliphatic hydroxyl groups excluding tert-OH is 1. The molecule has 1 atom stereocenters. The van der Waals surface area contributed by atoms with Gasteiger partial charge in [0.15, 0.2) is 5.76 Å². The van der Waals surface area contributed by atoms with Gasteiger partial charge in [0.1, 0.15) is 11.5 Å². The number of carbonyl (C=O) groups excluding carboxylic acids is 2. The summed E-state index contributed by atoms with van der Waals surface area (Å²) in [4.78, 5) is 32.5. The van der Waals surface area contributed by atoms with Crippen molar-refractivity contribution in [3.63, 3.8) is 0 Å². The summed E-state index contributed by atoms with van der Waals surface area (Å²) < 4.78 is 46.9. The van der Waals surface area contributed by atoms with Crippen LogP contribution in [0.15, 0.2) is 59.9 Å². The highest BCUT2D eigenvalue weighted by atomic mass is 32.1. The summed E-state index contributed by atoms with van der Waals surface area (Å²) >= 11 is 1.14. The maximum absolute atomic E-state index is 13.6. The fourth-order valence-corrected chi connectivity index (χ4v) is 4.78. The van der Waals surface area contributed by atoms with E-state index >= 15 is 0 Å². The molecule has 0 fully saturated rings. The highest BCUT2D eigenvalue weighted by molar-refractivity contribution is 7.14. The first-order valence-electron chi connectivity index (χ1n) is 10.3. The van der Waals surface area contributed by atoms with Gasteiger partial charge < -0.3 is 14.6 Å². The van der Waals surface area contributed by atoms with E-state index in [9.17, 15) is 27.9 Å². The van der Waals surface area contributed by atoms with Crippen LogP contribution in [0.25, 0.3) is 0 Å². The SMILES string of the molecule is COc1cccc(C2C(C(=O)c3sc(C)nc3C)=C(O)C(=O)N2c2ccc(OC(F)(F)F)cc2)c1. The molecule has 11 heteroatoms. The van der Waals surface area contributed by atoms with E-state index in [0.29, 0.717) is 22.0 Å². The normalized spacial score (nSPS) is 16.1. The van der Waals surface area contributed by atoms with Crippen LogP contribution in [0.3, 0.4) is 0 Å². The van der Waals surface area contributed by atoms with E-state index in [0.717, 1.165) is 28.4 Å². The number of aromatic nitrogens is 1. The largest absolute Gasteiger partial charge is 0.573 e. The minimum Gasteiger partial charge on any atom is -0.503 e. The molecule has 182 valence electrons. The lowest BCUT2D eigenvalue weighted by Crippen LogP contribution is -2.31. The lowest BCUT2D eigenvalue weighted by atomic mass is 9.94. The van der Waals surface area contributed by atoms with Gasteiger partial charge in [-0.1, -0.05) is 12.1 Å². The Kier molecular flexibility index (Phi) is 6.28. The highest BCUT2D eigenvalue weighted by Gasteiger charge is 2.45. The van der Waals surface area contributed by atoms with E-state index in [1.807, 2.05) is 0 Å². The zero-order valence-electron chi connectivity index (χ0n) is 18.7. The van der Waals surface area contributed by atoms with Gasteiger partial charge in [-0.3, -0.25) is 14.5 Å². The minimum atomic E-state index is -4.88. The fourth-order valence-electron chi connectivity index (χ4n) is 3.90. The molecule has 4 rings (SSSR count). The lowest BCUT2D eigenvalue weighted by Gasteiger charge is -2.27. The Balaban J connectivity index is 1.83. The number of ketones is 1. The molecule has 0 bridgehead atoms. The summed E-state index contributed by atoms with van der Waals surface area (Å²) in [6.07, 6.45) is -4.88. The molecule has 0 radical (unpaired) electrons. The van der Waals surface area contributed by atoms with Crippen molar-refractivity contribution in [1.29, 1.82) is 0 Å². The maximum Gasteiger partial charge on any atom is 0.573 e. The smallest absolute Gasteiger partial charge is 0.503 e. The van der Waals surface area contributed by atoms with Gasteiger partial charge >= 0.3 is 6.36 Å². The van der Waals surface area contributed by atoms with Crippen molar-refractivity contribution in [3.8, 4) is 11.5 Å². The maximum atomic E-state index is 13.6. The van der Waals surface area contributed by atoms with Crippen molar-refractivity contribution < 1.29 is 37.3 Å². The number of benzene rings is 2. The van der Waals surface area contributed by atoms with Gasteiger partial charge in [-0.25, -0.2) is 4.98 Å². The van der Waals surface area contributed by atoms with Crippen molar-refractivity contribution in [2.24, 2.45) is 0 Å². The standard InChI is InChI=1S/C24H19F3N2O5S/c1-12-22(35-13(2)28-12)20(30)18-19(14-5-4-6-17(11-14)33-3)29(23(32)21(18)31)15-7-9-16(10-8-15)34-24(25,26)27/h4-11,19,31H,1-3H3. The monoisotopic (exact) mass is 504 g/mol. The molecule has 1 aliphatic heterocycles. The zero-order valence-corrected chi connectivity index (χ0v) is 19.5. The Labute approximate surface area is 202 Å². The Morgan fingerprint density at radius 1 is 1.11 bits per heavy atom. The van der Waals surface area contributed by atoms with Gasteiger partial charge in [-0.2, -0.15) is 0 Å². The number of halogens is 3. The first-order valence-corrected chi connectivity index (χ1v) is 11.1. The van der Waals surface area contributed by atoms with Crippen LogP contribution in [0.2, 0.25) is 0 Å². The molecule has 0 saturated heterocycles. The Bertz CT molecular complexity index is 1330. The van der Waals surface area contributed by atoms with E-state index in [1.54, 1.807) is 38.1 Å². The second kappa shape index (κ2) is 9.06. The molecule has 2 heterocycles. The molecule has 3 aromatic rings. The average Bonchev–Trinajstić information content (AvgIpc) is 3.28. The quantitative estimate of drug-likeness (QED) is 0.449. The van der Waals surface area contributed by atoms with E-state index in [2.05, 4.69) is 9.72 Å². The van der Waals surface area contributed by atoms with Crippen LogP contribution >= 0.6 is 11.3 Å². The summed E-state index contributed by atoms with van der Waals surface area (Å²) in [6.45, 7) is 3.39. The number of methoxy groups -OCH3 is 1. The second-order valence-corrected chi connectivity index (χ2v) is 8.84. The molecule has 7 nitrogen and oxygen atoms in total. The van der Waals surface area contributed by atoms with E-state index in [1.165, 1.54) is 19.2 Å². The van der Waals surface area contributed by atoms with Crippen molar-refractivity contribution in [1.82, 2.24) is 4.98 Å². The molecule has 0 spiro atoms. The third-order valence-electron chi connectivity index (χ3n) is 5.32. The number of carbonyl (C=O) groups is 2. The number of thiazole rings is 1. The molecule has 2 aromatic carbocycles. The average molecular weight is 504 g/mol. The first kappa shape index (κ1) is 24.3. The minimum absolute atomic E-state index is 0.156. The van der Waals surface area contributed by atoms with Gasteiger partial charge in [0.25, 0.3) is 5.91 Å². The predicted molar refractivity (Wildman–Crippen MR) is 122 cm³/mol. The zero-order chi connectivity index (χ0) is 25.5. The Morgan fingerprint density at radius 2 is 1.80 bits per heavy atom. The van der Waals surface area contributed by atoms with Crippen LogP contribution in [0.5, 0.6) is 11.5 Å². The van der Waals surface area contributed by atoms with Crippen LogP contribution in [-0.4, -0.2) is 35.3 Å². The molecule has 1 N–H and O–H groups in total. The molecule has 0 aliphatic carbocycles. The van der Waals surface area contributed by atoms with Crippen molar-refractivity contribution in [2.45, 2.75) is 26.3 Å². The van der Waals surface area contributed by atoms with Crippen LogP contribution in [0, 0.1) is 13.8 Å². The summed E-state index contributed by atoms with van der Waals surface area (Å²) in [5, 5.41) is 11.5. The van der Waals surface area contributed by atoms with Crippen LogP contribution in [0.4, 0.5) is 18.9 Å².